The van der Waals surface area contributed by atoms with Gasteiger partial charge in [-0.1, -0.05) is 24.3 Å². The summed E-state index contributed by atoms with van der Waals surface area (Å²) in [5.74, 6) is 1.36. The number of ether oxygens (including phenoxy) is 1. The van der Waals surface area contributed by atoms with Crippen molar-refractivity contribution in [3.8, 4) is 5.75 Å². The highest BCUT2D eigenvalue weighted by Crippen LogP contribution is 2.24. The molecule has 2 N–H and O–H groups in total. The second-order valence-corrected chi connectivity index (χ2v) is 6.50. The molecule has 120 valence electrons. The van der Waals surface area contributed by atoms with Crippen molar-refractivity contribution in [2.75, 3.05) is 19.6 Å². The van der Waals surface area contributed by atoms with Crippen LogP contribution in [0.5, 0.6) is 5.75 Å². The average molecular weight is 375 g/mol. The predicted octanol–water partition coefficient (Wildman–Crippen LogP) is 2.98. The lowest BCUT2D eigenvalue weighted by molar-refractivity contribution is 0.0942. The summed E-state index contributed by atoms with van der Waals surface area (Å²) in [6.07, 6.45) is 0. The van der Waals surface area contributed by atoms with Gasteiger partial charge in [0.25, 0.3) is 5.91 Å². The molecule has 1 aliphatic rings. The fourth-order valence-corrected chi connectivity index (χ4v) is 2.71. The summed E-state index contributed by atoms with van der Waals surface area (Å²) in [4.78, 5) is 12.1. The Morgan fingerprint density at radius 3 is 2.57 bits per heavy atom. The van der Waals surface area contributed by atoms with Crippen molar-refractivity contribution in [1.82, 2.24) is 10.6 Å². The van der Waals surface area contributed by atoms with Gasteiger partial charge < -0.3 is 15.4 Å². The Hall–Kier alpha value is -1.85. The van der Waals surface area contributed by atoms with Crippen molar-refractivity contribution in [2.45, 2.75) is 6.61 Å². The first kappa shape index (κ1) is 16.0. The summed E-state index contributed by atoms with van der Waals surface area (Å²) in [6.45, 7) is 3.19. The van der Waals surface area contributed by atoms with E-state index in [1.54, 1.807) is 0 Å². The molecule has 2 aromatic rings. The molecule has 0 unspecified atom stereocenters. The van der Waals surface area contributed by atoms with E-state index in [2.05, 4.69) is 26.6 Å². The zero-order chi connectivity index (χ0) is 16.1. The van der Waals surface area contributed by atoms with Crippen molar-refractivity contribution >= 4 is 21.8 Å². The van der Waals surface area contributed by atoms with Crippen molar-refractivity contribution in [3.05, 3.63) is 64.1 Å². The number of nitrogens with one attached hydrogen (secondary N) is 2. The van der Waals surface area contributed by atoms with Crippen LogP contribution in [0.25, 0.3) is 0 Å². The Morgan fingerprint density at radius 2 is 1.91 bits per heavy atom. The second-order valence-electron chi connectivity index (χ2n) is 5.65. The molecule has 1 saturated heterocycles. The highest BCUT2D eigenvalue weighted by atomic mass is 79.9. The summed E-state index contributed by atoms with van der Waals surface area (Å²) in [5.41, 5.74) is 1.71. The van der Waals surface area contributed by atoms with Crippen LogP contribution in [0.1, 0.15) is 15.9 Å². The predicted molar refractivity (Wildman–Crippen MR) is 93.6 cm³/mol. The third-order valence-corrected chi connectivity index (χ3v) is 4.52. The van der Waals surface area contributed by atoms with Crippen LogP contribution in [0.4, 0.5) is 0 Å². The van der Waals surface area contributed by atoms with E-state index in [-0.39, 0.29) is 5.91 Å². The summed E-state index contributed by atoms with van der Waals surface area (Å²) in [7, 11) is 0. The Kier molecular flexibility index (Phi) is 5.31. The van der Waals surface area contributed by atoms with Crippen molar-refractivity contribution in [3.63, 3.8) is 0 Å². The van der Waals surface area contributed by atoms with Crippen LogP contribution >= 0.6 is 15.9 Å². The third-order valence-electron chi connectivity index (χ3n) is 3.86. The van der Waals surface area contributed by atoms with Gasteiger partial charge in [0.2, 0.25) is 0 Å². The third kappa shape index (κ3) is 4.33. The lowest BCUT2D eigenvalue weighted by Gasteiger charge is -2.27. The van der Waals surface area contributed by atoms with Gasteiger partial charge in [-0.3, -0.25) is 4.79 Å². The van der Waals surface area contributed by atoms with E-state index in [1.807, 2.05) is 48.5 Å². The van der Waals surface area contributed by atoms with Crippen molar-refractivity contribution in [1.29, 1.82) is 0 Å². The van der Waals surface area contributed by atoms with Crippen molar-refractivity contribution < 1.29 is 9.53 Å². The van der Waals surface area contributed by atoms with Gasteiger partial charge in [0.15, 0.2) is 0 Å². The minimum Gasteiger partial charge on any atom is -0.488 e. The lowest BCUT2D eigenvalue weighted by atomic mass is 10.0. The van der Waals surface area contributed by atoms with Gasteiger partial charge in [0, 0.05) is 31.1 Å². The molecule has 3 rings (SSSR count). The fourth-order valence-electron chi connectivity index (χ4n) is 2.31. The Balaban J connectivity index is 1.52. The maximum atomic E-state index is 12.1. The van der Waals surface area contributed by atoms with E-state index in [9.17, 15) is 4.79 Å². The van der Waals surface area contributed by atoms with Crippen LogP contribution < -0.4 is 15.4 Å². The normalized spacial score (nSPS) is 14.1. The zero-order valence-corrected chi connectivity index (χ0v) is 14.3. The highest BCUT2D eigenvalue weighted by molar-refractivity contribution is 9.10. The first-order chi connectivity index (χ1) is 11.2. The van der Waals surface area contributed by atoms with E-state index in [1.165, 1.54) is 0 Å². The smallest absolute Gasteiger partial charge is 0.251 e. The molecule has 5 heteroatoms. The van der Waals surface area contributed by atoms with Gasteiger partial charge in [-0.05, 0) is 45.8 Å². The molecule has 0 radical (unpaired) electrons. The topological polar surface area (TPSA) is 50.4 Å². The van der Waals surface area contributed by atoms with Crippen LogP contribution in [-0.2, 0) is 6.61 Å². The number of hydrogen-bond acceptors (Lipinski definition) is 3. The molecule has 1 aliphatic heterocycles. The molecule has 2 aromatic carbocycles. The van der Waals surface area contributed by atoms with E-state index >= 15 is 0 Å². The minimum absolute atomic E-state index is 0.0184. The average Bonchev–Trinajstić information content (AvgIpc) is 2.53. The molecule has 23 heavy (non-hydrogen) atoms. The molecule has 0 saturated carbocycles. The van der Waals surface area contributed by atoms with Crippen LogP contribution in [0.15, 0.2) is 53.0 Å². The first-order valence-corrected chi connectivity index (χ1v) is 8.47. The maximum absolute atomic E-state index is 12.1. The van der Waals surface area contributed by atoms with Gasteiger partial charge >= 0.3 is 0 Å². The number of rotatable bonds is 6. The molecule has 0 aliphatic carbocycles. The van der Waals surface area contributed by atoms with Gasteiger partial charge in [-0.15, -0.1) is 0 Å². The number of carbonyl (C=O) groups is 1. The molecule has 4 nitrogen and oxygen atoms in total. The van der Waals surface area contributed by atoms with Gasteiger partial charge in [0.1, 0.15) is 12.4 Å². The molecule has 0 bridgehead atoms. The van der Waals surface area contributed by atoms with Crippen LogP contribution in [0, 0.1) is 5.92 Å². The van der Waals surface area contributed by atoms with Gasteiger partial charge in [-0.25, -0.2) is 0 Å². The van der Waals surface area contributed by atoms with E-state index < -0.39 is 0 Å². The largest absolute Gasteiger partial charge is 0.488 e. The van der Waals surface area contributed by atoms with E-state index in [4.69, 9.17) is 4.74 Å². The molecule has 1 heterocycles. The number of benzene rings is 2. The quantitative estimate of drug-likeness (QED) is 0.816. The Bertz CT molecular complexity index is 669. The monoisotopic (exact) mass is 374 g/mol. The maximum Gasteiger partial charge on any atom is 0.251 e. The minimum atomic E-state index is -0.0184. The SMILES string of the molecule is O=C(NCC1CNC1)c1ccc(COc2ccccc2Br)cc1. The summed E-state index contributed by atoms with van der Waals surface area (Å²) in [6, 6.07) is 15.3. The second kappa shape index (κ2) is 7.62. The number of amides is 1. The number of hydrogen-bond donors (Lipinski definition) is 2. The van der Waals surface area contributed by atoms with Crippen molar-refractivity contribution in [2.24, 2.45) is 5.92 Å². The molecular formula is C18H19BrN2O2. The van der Waals surface area contributed by atoms with Crippen LogP contribution in [0.2, 0.25) is 0 Å². The van der Waals surface area contributed by atoms with Crippen LogP contribution in [0.3, 0.4) is 0 Å². The zero-order valence-electron chi connectivity index (χ0n) is 12.7. The Labute approximate surface area is 144 Å². The first-order valence-electron chi connectivity index (χ1n) is 7.67. The van der Waals surface area contributed by atoms with E-state index in [0.717, 1.165) is 35.4 Å². The molecule has 1 amide bonds. The Morgan fingerprint density at radius 1 is 1.17 bits per heavy atom. The molecular weight excluding hydrogens is 356 g/mol. The fraction of sp³-hybridized carbons (Fsp3) is 0.278. The number of carbonyl (C=O) groups excluding carboxylic acids is 1. The number of para-hydroxylation sites is 1. The molecule has 0 spiro atoms. The molecule has 0 aromatic heterocycles. The summed E-state index contributed by atoms with van der Waals surface area (Å²) >= 11 is 3.46. The van der Waals surface area contributed by atoms with Gasteiger partial charge in [0.05, 0.1) is 4.47 Å². The standard InChI is InChI=1S/C18H19BrN2O2/c19-16-3-1-2-4-17(16)23-12-13-5-7-15(8-6-13)18(22)21-11-14-9-20-10-14/h1-8,14,20H,9-12H2,(H,21,22). The van der Waals surface area contributed by atoms with Gasteiger partial charge in [-0.2, -0.15) is 0 Å². The van der Waals surface area contributed by atoms with E-state index in [0.29, 0.717) is 18.1 Å². The summed E-state index contributed by atoms with van der Waals surface area (Å²) < 4.78 is 6.70. The van der Waals surface area contributed by atoms with Crippen LogP contribution in [-0.4, -0.2) is 25.5 Å². The molecule has 1 fully saturated rings. The number of halogens is 1. The lowest BCUT2D eigenvalue weighted by Crippen LogP contribution is -2.48. The highest BCUT2D eigenvalue weighted by Gasteiger charge is 2.17. The molecule has 0 atom stereocenters. The summed E-state index contributed by atoms with van der Waals surface area (Å²) in [5, 5.41) is 6.16.